The first kappa shape index (κ1) is 15.0. The van der Waals surface area contributed by atoms with E-state index in [1.165, 1.54) is 5.56 Å². The number of aryl methyl sites for hydroxylation is 3. The third kappa shape index (κ3) is 3.56. The molecule has 0 atom stereocenters. The molecular weight excluding hydrogens is 268 g/mol. The van der Waals surface area contributed by atoms with E-state index in [-0.39, 0.29) is 5.84 Å². The van der Waals surface area contributed by atoms with Crippen LogP contribution < -0.4 is 0 Å². The predicted octanol–water partition coefficient (Wildman–Crippen LogP) is 3.97. The monoisotopic (exact) mass is 286 g/mol. The van der Waals surface area contributed by atoms with Crippen LogP contribution in [-0.2, 0) is 12.8 Å². The zero-order valence-corrected chi connectivity index (χ0v) is 12.2. The number of benzene rings is 1. The Balaban J connectivity index is 2.11. The summed E-state index contributed by atoms with van der Waals surface area (Å²) < 4.78 is 5.32. The number of amidine groups is 1. The van der Waals surface area contributed by atoms with Crippen molar-refractivity contribution in [2.24, 2.45) is 10.3 Å². The van der Waals surface area contributed by atoms with Crippen LogP contribution in [0, 0.1) is 18.8 Å². The summed E-state index contributed by atoms with van der Waals surface area (Å²) in [6.07, 6.45) is 4.50. The second-order valence-electron chi connectivity index (χ2n) is 5.04. The predicted molar refractivity (Wildman–Crippen MR) is 80.8 cm³/mol. The molecule has 0 aliphatic carbocycles. The van der Waals surface area contributed by atoms with E-state index in [2.05, 4.69) is 10.3 Å². The zero-order valence-electron chi connectivity index (χ0n) is 12.2. The smallest absolute Gasteiger partial charge is 0.241 e. The molecule has 0 bridgehead atoms. The third-order valence-corrected chi connectivity index (χ3v) is 3.57. The topological polar surface area (TPSA) is 75.2 Å². The van der Waals surface area contributed by atoms with Crippen molar-refractivity contribution in [2.45, 2.75) is 33.1 Å². The molecule has 110 valence electrons. The molecule has 21 heavy (non-hydrogen) atoms. The van der Waals surface area contributed by atoms with Crippen LogP contribution in [0.2, 0.25) is 0 Å². The molecule has 0 saturated carbocycles. The number of hydrogen-bond donors (Lipinski definition) is 1. The quantitative estimate of drug-likeness (QED) is 0.297. The Morgan fingerprint density at radius 3 is 2.48 bits per heavy atom. The molecule has 0 fully saturated rings. The SMILES string of the molecule is Cc1cc(C(N=O)=NO)cc(C)c1CCCc1ccco1. The maximum atomic E-state index is 10.6. The van der Waals surface area contributed by atoms with E-state index in [1.54, 1.807) is 6.26 Å². The second kappa shape index (κ2) is 6.83. The molecule has 0 aliphatic rings. The minimum atomic E-state index is -0.191. The molecule has 2 rings (SSSR count). The first-order chi connectivity index (χ1) is 10.2. The Morgan fingerprint density at radius 2 is 1.95 bits per heavy atom. The molecule has 1 N–H and O–H groups in total. The van der Waals surface area contributed by atoms with Gasteiger partial charge in [-0.25, -0.2) is 0 Å². The molecule has 0 aliphatic heterocycles. The summed E-state index contributed by atoms with van der Waals surface area (Å²) in [6, 6.07) is 7.52. The third-order valence-electron chi connectivity index (χ3n) is 3.57. The summed E-state index contributed by atoms with van der Waals surface area (Å²) in [5, 5.41) is 14.4. The van der Waals surface area contributed by atoms with Gasteiger partial charge in [0.05, 0.1) is 6.26 Å². The van der Waals surface area contributed by atoms with Gasteiger partial charge in [0.25, 0.3) is 0 Å². The maximum Gasteiger partial charge on any atom is 0.241 e. The van der Waals surface area contributed by atoms with Gasteiger partial charge < -0.3 is 9.62 Å². The van der Waals surface area contributed by atoms with Gasteiger partial charge in [0.1, 0.15) is 5.76 Å². The molecule has 1 aromatic carbocycles. The van der Waals surface area contributed by atoms with Crippen LogP contribution >= 0.6 is 0 Å². The van der Waals surface area contributed by atoms with Gasteiger partial charge >= 0.3 is 0 Å². The largest absolute Gasteiger partial charge is 0.469 e. The summed E-state index contributed by atoms with van der Waals surface area (Å²) in [5.41, 5.74) is 3.91. The van der Waals surface area contributed by atoms with E-state index >= 15 is 0 Å². The molecular formula is C16H18N2O3. The Kier molecular flexibility index (Phi) is 4.87. The zero-order chi connectivity index (χ0) is 15.2. The summed E-state index contributed by atoms with van der Waals surface area (Å²) in [4.78, 5) is 10.6. The summed E-state index contributed by atoms with van der Waals surface area (Å²) in [6.45, 7) is 3.97. The van der Waals surface area contributed by atoms with Crippen molar-refractivity contribution in [3.05, 3.63) is 63.4 Å². The lowest BCUT2D eigenvalue weighted by molar-refractivity contribution is 0.318. The number of oxime groups is 1. The minimum absolute atomic E-state index is 0.191. The lowest BCUT2D eigenvalue weighted by atomic mass is 9.95. The van der Waals surface area contributed by atoms with Crippen LogP contribution in [0.4, 0.5) is 0 Å². The fourth-order valence-electron chi connectivity index (χ4n) is 2.54. The minimum Gasteiger partial charge on any atom is -0.469 e. The van der Waals surface area contributed by atoms with Crippen molar-refractivity contribution in [3.63, 3.8) is 0 Å². The molecule has 1 heterocycles. The molecule has 1 aromatic heterocycles. The fourth-order valence-corrected chi connectivity index (χ4v) is 2.54. The van der Waals surface area contributed by atoms with Gasteiger partial charge in [-0.05, 0) is 72.8 Å². The fraction of sp³-hybridized carbons (Fsp3) is 0.312. The molecule has 5 nitrogen and oxygen atoms in total. The molecule has 5 heteroatoms. The van der Waals surface area contributed by atoms with E-state index in [0.717, 1.165) is 36.1 Å². The van der Waals surface area contributed by atoms with E-state index in [0.29, 0.717) is 5.56 Å². The average Bonchev–Trinajstić information content (AvgIpc) is 2.96. The summed E-state index contributed by atoms with van der Waals surface area (Å²) in [7, 11) is 0. The van der Waals surface area contributed by atoms with E-state index in [1.807, 2.05) is 38.1 Å². The second-order valence-corrected chi connectivity index (χ2v) is 5.04. The van der Waals surface area contributed by atoms with E-state index < -0.39 is 0 Å². The van der Waals surface area contributed by atoms with Crippen LogP contribution in [0.3, 0.4) is 0 Å². The van der Waals surface area contributed by atoms with Crippen molar-refractivity contribution in [1.29, 1.82) is 0 Å². The summed E-state index contributed by atoms with van der Waals surface area (Å²) in [5.74, 6) is 0.796. The van der Waals surface area contributed by atoms with Gasteiger partial charge in [-0.1, -0.05) is 5.16 Å². The number of rotatable bonds is 5. The highest BCUT2D eigenvalue weighted by molar-refractivity contribution is 5.99. The van der Waals surface area contributed by atoms with Gasteiger partial charge in [0.2, 0.25) is 5.84 Å². The highest BCUT2D eigenvalue weighted by Crippen LogP contribution is 2.20. The van der Waals surface area contributed by atoms with Crippen molar-refractivity contribution in [3.8, 4) is 0 Å². The Hall–Kier alpha value is -2.43. The van der Waals surface area contributed by atoms with Crippen molar-refractivity contribution in [1.82, 2.24) is 0 Å². The van der Waals surface area contributed by atoms with Gasteiger partial charge in [-0.3, -0.25) is 0 Å². The number of hydrogen-bond acceptors (Lipinski definition) is 4. The van der Waals surface area contributed by atoms with Gasteiger partial charge in [-0.15, -0.1) is 4.91 Å². The first-order valence-electron chi connectivity index (χ1n) is 6.84. The first-order valence-corrected chi connectivity index (χ1v) is 6.84. The van der Waals surface area contributed by atoms with Crippen LogP contribution in [-0.4, -0.2) is 11.0 Å². The lowest BCUT2D eigenvalue weighted by Gasteiger charge is -2.11. The lowest BCUT2D eigenvalue weighted by Crippen LogP contribution is -2.02. The van der Waals surface area contributed by atoms with E-state index in [4.69, 9.17) is 9.62 Å². The highest BCUT2D eigenvalue weighted by atomic mass is 16.4. The Labute approximate surface area is 123 Å². The van der Waals surface area contributed by atoms with Crippen LogP contribution in [0.1, 0.15) is 34.4 Å². The summed E-state index contributed by atoms with van der Waals surface area (Å²) >= 11 is 0. The maximum absolute atomic E-state index is 10.6. The number of furan rings is 1. The number of nitroso groups, excluding NO2 is 1. The molecule has 2 aromatic rings. The van der Waals surface area contributed by atoms with Crippen LogP contribution in [0.5, 0.6) is 0 Å². The highest BCUT2D eigenvalue weighted by Gasteiger charge is 2.10. The molecule has 0 saturated heterocycles. The van der Waals surface area contributed by atoms with Gasteiger partial charge in [0, 0.05) is 12.0 Å². The van der Waals surface area contributed by atoms with E-state index in [9.17, 15) is 4.91 Å². The normalized spacial score (nSPS) is 11.6. The van der Waals surface area contributed by atoms with Crippen molar-refractivity contribution >= 4 is 5.84 Å². The van der Waals surface area contributed by atoms with Gasteiger partial charge in [0.15, 0.2) is 0 Å². The molecule has 0 amide bonds. The van der Waals surface area contributed by atoms with Crippen LogP contribution in [0.15, 0.2) is 45.3 Å². The van der Waals surface area contributed by atoms with Gasteiger partial charge in [-0.2, -0.15) is 0 Å². The molecule has 0 spiro atoms. The molecule has 0 radical (unpaired) electrons. The Bertz CT molecular complexity index is 623. The van der Waals surface area contributed by atoms with Crippen LogP contribution in [0.25, 0.3) is 0 Å². The average molecular weight is 286 g/mol. The standard InChI is InChI=1S/C16H18N2O3/c1-11-9-13(16(17-19)18-20)10-12(2)15(11)7-3-5-14-6-4-8-21-14/h4,6,8-10,19H,3,5,7H2,1-2H3. The number of nitrogens with zero attached hydrogens (tertiary/aromatic N) is 2. The molecule has 0 unspecified atom stereocenters. The van der Waals surface area contributed by atoms with Crippen molar-refractivity contribution < 1.29 is 9.62 Å². The van der Waals surface area contributed by atoms with Crippen molar-refractivity contribution in [2.75, 3.05) is 0 Å². The Morgan fingerprint density at radius 1 is 1.24 bits per heavy atom.